The van der Waals surface area contributed by atoms with Crippen molar-refractivity contribution >= 4 is 27.3 Å². The fourth-order valence-corrected chi connectivity index (χ4v) is 3.30. The molecule has 0 aliphatic heterocycles. The van der Waals surface area contributed by atoms with E-state index in [9.17, 15) is 13.2 Å². The van der Waals surface area contributed by atoms with Crippen LogP contribution in [0.15, 0.2) is 35.2 Å². The minimum atomic E-state index is -3.55. The zero-order valence-corrected chi connectivity index (χ0v) is 17.1. The quantitative estimate of drug-likeness (QED) is 0.606. The van der Waals surface area contributed by atoms with E-state index >= 15 is 0 Å². The maximum Gasteiger partial charge on any atom is 0.242 e. The van der Waals surface area contributed by atoms with Gasteiger partial charge in [-0.1, -0.05) is 12.2 Å². The fourth-order valence-electron chi connectivity index (χ4n) is 2.37. The number of anilines is 2. The Hall–Kier alpha value is -2.06. The van der Waals surface area contributed by atoms with Gasteiger partial charge in [0.25, 0.3) is 0 Å². The number of carbonyl (C=O) groups excluding carboxylic acids is 1. The van der Waals surface area contributed by atoms with Crippen LogP contribution in [0.5, 0.6) is 0 Å². The minimum Gasteiger partial charge on any atom is -0.384 e. The van der Waals surface area contributed by atoms with Crippen molar-refractivity contribution in [3.8, 4) is 0 Å². The summed E-state index contributed by atoms with van der Waals surface area (Å²) < 4.78 is 25.9. The third kappa shape index (κ3) is 5.74. The second-order valence-electron chi connectivity index (χ2n) is 6.24. The van der Waals surface area contributed by atoms with Crippen molar-refractivity contribution < 1.29 is 13.2 Å². The highest BCUT2D eigenvalue weighted by Gasteiger charge is 2.19. The summed E-state index contributed by atoms with van der Waals surface area (Å²) >= 11 is 0. The molecule has 26 heavy (non-hydrogen) atoms. The van der Waals surface area contributed by atoms with Gasteiger partial charge in [0.15, 0.2) is 0 Å². The summed E-state index contributed by atoms with van der Waals surface area (Å²) in [4.78, 5) is 14.3. The molecule has 0 aliphatic rings. The number of nitrogens with one attached hydrogen (secondary N) is 2. The Labute approximate surface area is 157 Å². The van der Waals surface area contributed by atoms with Gasteiger partial charge in [-0.2, -0.15) is 0 Å². The Bertz CT molecular complexity index is 745. The maximum absolute atomic E-state index is 12.4. The molecule has 146 valence electrons. The number of benzene rings is 1. The molecule has 1 amide bonds. The predicted octanol–water partition coefficient (Wildman–Crippen LogP) is 2.21. The van der Waals surface area contributed by atoms with Gasteiger partial charge in [0.2, 0.25) is 15.9 Å². The molecule has 0 fully saturated rings. The second-order valence-corrected chi connectivity index (χ2v) is 8.40. The molecule has 0 aromatic heterocycles. The summed E-state index contributed by atoms with van der Waals surface area (Å²) in [5, 5.41) is 6.24. The third-order valence-corrected chi connectivity index (χ3v) is 5.57. The van der Waals surface area contributed by atoms with Crippen LogP contribution in [0.1, 0.15) is 20.8 Å². The summed E-state index contributed by atoms with van der Waals surface area (Å²) in [7, 11) is -0.574. The van der Waals surface area contributed by atoms with Crippen LogP contribution in [0.3, 0.4) is 0 Å². The molecule has 0 heterocycles. The smallest absolute Gasteiger partial charge is 0.242 e. The summed E-state index contributed by atoms with van der Waals surface area (Å²) in [6, 6.07) is 4.81. The first kappa shape index (κ1) is 22.0. The highest BCUT2D eigenvalue weighted by atomic mass is 32.2. The molecule has 0 bridgehead atoms. The van der Waals surface area contributed by atoms with Gasteiger partial charge in [-0.05, 0) is 39.0 Å². The monoisotopic (exact) mass is 382 g/mol. The summed E-state index contributed by atoms with van der Waals surface area (Å²) in [5.74, 6) is -0.0705. The first-order valence-corrected chi connectivity index (χ1v) is 10.0. The molecule has 8 heteroatoms. The van der Waals surface area contributed by atoms with Gasteiger partial charge >= 0.3 is 0 Å². The van der Waals surface area contributed by atoms with E-state index in [-0.39, 0.29) is 17.3 Å². The van der Waals surface area contributed by atoms with Crippen molar-refractivity contribution in [1.29, 1.82) is 0 Å². The van der Waals surface area contributed by atoms with Crippen LogP contribution >= 0.6 is 0 Å². The molecule has 0 saturated carbocycles. The van der Waals surface area contributed by atoms with E-state index in [0.717, 1.165) is 15.6 Å². The molecule has 0 aliphatic carbocycles. The van der Waals surface area contributed by atoms with Gasteiger partial charge < -0.3 is 15.5 Å². The average Bonchev–Trinajstić information content (AvgIpc) is 2.58. The van der Waals surface area contributed by atoms with Crippen LogP contribution in [-0.2, 0) is 14.8 Å². The zero-order chi connectivity index (χ0) is 19.9. The third-order valence-electron chi connectivity index (χ3n) is 3.76. The molecule has 0 atom stereocenters. The largest absolute Gasteiger partial charge is 0.384 e. The number of carbonyl (C=O) groups is 1. The highest BCUT2D eigenvalue weighted by molar-refractivity contribution is 7.89. The molecule has 1 aromatic rings. The number of sulfonamides is 1. The fraction of sp³-hybridized carbons (Fsp3) is 0.500. The van der Waals surface area contributed by atoms with Crippen molar-refractivity contribution in [1.82, 2.24) is 9.21 Å². The van der Waals surface area contributed by atoms with Gasteiger partial charge in [-0.3, -0.25) is 4.79 Å². The first-order chi connectivity index (χ1) is 12.1. The van der Waals surface area contributed by atoms with E-state index in [4.69, 9.17) is 0 Å². The van der Waals surface area contributed by atoms with E-state index in [1.54, 1.807) is 23.1 Å². The van der Waals surface area contributed by atoms with Crippen molar-refractivity contribution in [2.75, 3.05) is 50.9 Å². The Morgan fingerprint density at radius 1 is 1.15 bits per heavy atom. The molecular weight excluding hydrogens is 352 g/mol. The zero-order valence-electron chi connectivity index (χ0n) is 16.3. The lowest BCUT2D eigenvalue weighted by molar-refractivity contribution is -0.128. The van der Waals surface area contributed by atoms with Crippen LogP contribution in [0, 0.1) is 0 Å². The molecule has 1 aromatic carbocycles. The topological polar surface area (TPSA) is 81.8 Å². The van der Waals surface area contributed by atoms with Crippen molar-refractivity contribution in [2.45, 2.75) is 25.7 Å². The molecule has 2 N–H and O–H groups in total. The number of amides is 1. The SMILES string of the molecule is C=C(C)CN(CC)C(=O)CNc1cc(S(=O)(=O)N(C)C)ccc1NCC. The predicted molar refractivity (Wildman–Crippen MR) is 107 cm³/mol. The second kappa shape index (κ2) is 9.59. The number of rotatable bonds is 10. The average molecular weight is 383 g/mol. The van der Waals surface area contributed by atoms with Crippen LogP contribution in [0.2, 0.25) is 0 Å². The number of nitrogens with zero attached hydrogens (tertiary/aromatic N) is 2. The Morgan fingerprint density at radius 2 is 1.81 bits per heavy atom. The van der Waals surface area contributed by atoms with E-state index in [0.29, 0.717) is 25.3 Å². The summed E-state index contributed by atoms with van der Waals surface area (Å²) in [6.07, 6.45) is 0. The first-order valence-electron chi connectivity index (χ1n) is 8.59. The van der Waals surface area contributed by atoms with Crippen LogP contribution in [0.25, 0.3) is 0 Å². The number of likely N-dealkylation sites (N-methyl/N-ethyl adjacent to an activating group) is 1. The summed E-state index contributed by atoms with van der Waals surface area (Å²) in [5.41, 5.74) is 2.24. The van der Waals surface area contributed by atoms with Crippen molar-refractivity contribution in [3.05, 3.63) is 30.4 Å². The van der Waals surface area contributed by atoms with Crippen LogP contribution < -0.4 is 10.6 Å². The maximum atomic E-state index is 12.4. The standard InChI is InChI=1S/C18H30N4O3S/c1-7-19-16-10-9-15(26(24,25)21(5)6)11-17(16)20-12-18(23)22(8-2)13-14(3)4/h9-11,19-20H,3,7-8,12-13H2,1-2,4-6H3. The lowest BCUT2D eigenvalue weighted by Crippen LogP contribution is -2.36. The highest BCUT2D eigenvalue weighted by Crippen LogP contribution is 2.26. The van der Waals surface area contributed by atoms with Gasteiger partial charge in [-0.15, -0.1) is 0 Å². The molecular formula is C18H30N4O3S. The minimum absolute atomic E-state index is 0.0705. The number of hydrogen-bond donors (Lipinski definition) is 2. The molecule has 7 nitrogen and oxygen atoms in total. The van der Waals surface area contributed by atoms with E-state index in [2.05, 4.69) is 17.2 Å². The van der Waals surface area contributed by atoms with E-state index in [1.165, 1.54) is 14.1 Å². The molecule has 0 unspecified atom stereocenters. The number of hydrogen-bond acceptors (Lipinski definition) is 5. The van der Waals surface area contributed by atoms with Gasteiger partial charge in [0, 0.05) is 33.7 Å². The lowest BCUT2D eigenvalue weighted by atomic mass is 10.2. The molecule has 0 spiro atoms. The van der Waals surface area contributed by atoms with Gasteiger partial charge in [-0.25, -0.2) is 12.7 Å². The van der Waals surface area contributed by atoms with Crippen LogP contribution in [-0.4, -0.2) is 63.8 Å². The molecule has 0 radical (unpaired) electrons. The Balaban J connectivity index is 3.05. The van der Waals surface area contributed by atoms with E-state index in [1.807, 2.05) is 20.8 Å². The summed E-state index contributed by atoms with van der Waals surface area (Å²) in [6.45, 7) is 11.4. The lowest BCUT2D eigenvalue weighted by Gasteiger charge is -2.22. The molecule has 0 saturated heterocycles. The van der Waals surface area contributed by atoms with Crippen molar-refractivity contribution in [3.63, 3.8) is 0 Å². The van der Waals surface area contributed by atoms with Gasteiger partial charge in [0.05, 0.1) is 22.8 Å². The Kier molecular flexibility index (Phi) is 8.10. The van der Waals surface area contributed by atoms with E-state index < -0.39 is 10.0 Å². The van der Waals surface area contributed by atoms with Gasteiger partial charge in [0.1, 0.15) is 0 Å². The van der Waals surface area contributed by atoms with Crippen LogP contribution in [0.4, 0.5) is 11.4 Å². The Morgan fingerprint density at radius 3 is 2.31 bits per heavy atom. The van der Waals surface area contributed by atoms with Crippen molar-refractivity contribution in [2.24, 2.45) is 0 Å². The normalized spacial score (nSPS) is 11.3. The molecule has 1 rings (SSSR count).